The van der Waals surface area contributed by atoms with Gasteiger partial charge in [-0.05, 0) is 78.4 Å². The lowest BCUT2D eigenvalue weighted by atomic mass is 9.77. The predicted molar refractivity (Wildman–Crippen MR) is 134 cm³/mol. The molecule has 1 aliphatic carbocycles. The molecule has 0 saturated heterocycles. The van der Waals surface area contributed by atoms with E-state index in [9.17, 15) is 8.42 Å². The molecule has 0 amide bonds. The molecule has 3 atom stereocenters. The zero-order chi connectivity index (χ0) is 22.5. The number of benzene rings is 3. The molecule has 2 N–H and O–H groups in total. The van der Waals surface area contributed by atoms with Crippen LogP contribution in [-0.2, 0) is 10.0 Å². The first-order valence-electron chi connectivity index (χ1n) is 10.4. The number of aryl methyl sites for hydroxylation is 1. The van der Waals surface area contributed by atoms with Crippen LogP contribution in [0.4, 0.5) is 11.4 Å². The van der Waals surface area contributed by atoms with Gasteiger partial charge in [0.05, 0.1) is 16.6 Å². The van der Waals surface area contributed by atoms with Gasteiger partial charge in [0.1, 0.15) is 0 Å². The van der Waals surface area contributed by atoms with Crippen LogP contribution in [0.5, 0.6) is 0 Å². The Morgan fingerprint density at radius 1 is 1.06 bits per heavy atom. The van der Waals surface area contributed by atoms with Gasteiger partial charge in [0.25, 0.3) is 10.0 Å². The van der Waals surface area contributed by atoms with Gasteiger partial charge in [-0.25, -0.2) is 8.42 Å². The Morgan fingerprint density at radius 3 is 2.66 bits per heavy atom. The molecule has 7 heteroatoms. The summed E-state index contributed by atoms with van der Waals surface area (Å²) in [6, 6.07) is 18.9. The zero-order valence-electron chi connectivity index (χ0n) is 17.3. The summed E-state index contributed by atoms with van der Waals surface area (Å²) >= 11 is 9.70. The van der Waals surface area contributed by atoms with Gasteiger partial charge in [0, 0.05) is 21.1 Å². The fraction of sp³-hybridized carbons (Fsp3) is 0.200. The van der Waals surface area contributed by atoms with Crippen molar-refractivity contribution < 1.29 is 8.42 Å². The molecule has 4 nitrogen and oxygen atoms in total. The molecular formula is C25H22BrClN2O2S. The van der Waals surface area contributed by atoms with Crippen LogP contribution in [0.15, 0.2) is 82.2 Å². The highest BCUT2D eigenvalue weighted by Gasteiger charge is 2.39. The van der Waals surface area contributed by atoms with E-state index >= 15 is 0 Å². The lowest BCUT2D eigenvalue weighted by Gasteiger charge is -2.38. The van der Waals surface area contributed by atoms with E-state index in [1.807, 2.05) is 19.1 Å². The largest absolute Gasteiger partial charge is 0.378 e. The number of rotatable bonds is 4. The summed E-state index contributed by atoms with van der Waals surface area (Å²) < 4.78 is 30.1. The number of fused-ring (bicyclic) bond motifs is 3. The molecule has 1 heterocycles. The monoisotopic (exact) mass is 528 g/mol. The molecule has 0 unspecified atom stereocenters. The second kappa shape index (κ2) is 8.25. The summed E-state index contributed by atoms with van der Waals surface area (Å²) in [5, 5.41) is 4.24. The van der Waals surface area contributed by atoms with Gasteiger partial charge in [0.2, 0.25) is 0 Å². The van der Waals surface area contributed by atoms with E-state index in [0.717, 1.165) is 27.7 Å². The molecule has 0 radical (unpaired) electrons. The van der Waals surface area contributed by atoms with Crippen LogP contribution < -0.4 is 10.0 Å². The Hall–Kier alpha value is -2.28. The molecule has 3 aromatic rings. The Kier molecular flexibility index (Phi) is 5.56. The normalized spacial score (nSPS) is 21.5. The van der Waals surface area contributed by atoms with Crippen molar-refractivity contribution in [2.24, 2.45) is 5.92 Å². The maximum Gasteiger partial charge on any atom is 0.261 e. The number of halogens is 2. The fourth-order valence-electron chi connectivity index (χ4n) is 4.72. The van der Waals surface area contributed by atoms with E-state index in [0.29, 0.717) is 16.6 Å². The summed E-state index contributed by atoms with van der Waals surface area (Å²) in [7, 11) is -3.74. The van der Waals surface area contributed by atoms with Crippen molar-refractivity contribution in [1.29, 1.82) is 0 Å². The number of allylic oxidation sites excluding steroid dienone is 2. The van der Waals surface area contributed by atoms with Gasteiger partial charge in [0.15, 0.2) is 0 Å². The first kappa shape index (κ1) is 21.6. The highest BCUT2D eigenvalue weighted by atomic mass is 79.9. The van der Waals surface area contributed by atoms with Crippen LogP contribution in [0.2, 0.25) is 5.02 Å². The Bertz CT molecular complexity index is 1340. The minimum Gasteiger partial charge on any atom is -0.378 e. The fourth-order valence-corrected chi connectivity index (χ4v) is 6.64. The van der Waals surface area contributed by atoms with Crippen LogP contribution >= 0.6 is 27.5 Å². The van der Waals surface area contributed by atoms with Crippen molar-refractivity contribution in [3.63, 3.8) is 0 Å². The van der Waals surface area contributed by atoms with Crippen molar-refractivity contribution in [3.8, 4) is 0 Å². The topological polar surface area (TPSA) is 58.2 Å². The minimum atomic E-state index is -3.74. The zero-order valence-corrected chi connectivity index (χ0v) is 20.5. The number of hydrogen-bond acceptors (Lipinski definition) is 3. The summed E-state index contributed by atoms with van der Waals surface area (Å²) in [5.74, 6) is 0.487. The van der Waals surface area contributed by atoms with Crippen molar-refractivity contribution in [1.82, 2.24) is 0 Å². The van der Waals surface area contributed by atoms with Crippen molar-refractivity contribution in [3.05, 3.63) is 99.0 Å². The highest BCUT2D eigenvalue weighted by Crippen LogP contribution is 2.51. The molecule has 0 saturated carbocycles. The second-order valence-corrected chi connectivity index (χ2v) is 11.3. The first-order chi connectivity index (χ1) is 15.3. The standard InChI is InChI=1S/C25H22BrClN2O2S/c1-15-13-16(27)9-11-23(15)29-32(30,31)17-10-12-24-21(14-17)18-6-4-7-19(18)25(28-24)20-5-2-3-8-22(20)26/h2-6,8-14,18-19,25,28-29H,7H2,1H3/t18-,19+,25+/m1/s1. The van der Waals surface area contributed by atoms with Gasteiger partial charge in [-0.2, -0.15) is 0 Å². The van der Waals surface area contributed by atoms with Gasteiger partial charge < -0.3 is 5.32 Å². The lowest BCUT2D eigenvalue weighted by Crippen LogP contribution is -2.29. The van der Waals surface area contributed by atoms with Gasteiger partial charge in [-0.15, -0.1) is 0 Å². The predicted octanol–water partition coefficient (Wildman–Crippen LogP) is 7.04. The molecule has 0 fully saturated rings. The smallest absolute Gasteiger partial charge is 0.261 e. The number of anilines is 2. The molecule has 0 aromatic heterocycles. The SMILES string of the molecule is Cc1cc(Cl)ccc1NS(=O)(=O)c1ccc2c(c1)[C@@H]1C=CC[C@@H]1[C@@H](c1ccccc1Br)N2. The van der Waals surface area contributed by atoms with Crippen LogP contribution in [0.3, 0.4) is 0 Å². The van der Waals surface area contributed by atoms with E-state index in [1.165, 1.54) is 5.56 Å². The summed E-state index contributed by atoms with van der Waals surface area (Å²) in [5.41, 5.74) is 4.50. The molecule has 0 bridgehead atoms. The summed E-state index contributed by atoms with van der Waals surface area (Å²) in [6.07, 6.45) is 5.36. The third-order valence-electron chi connectivity index (χ3n) is 6.32. The molecule has 1 aliphatic heterocycles. The maximum absolute atomic E-state index is 13.2. The van der Waals surface area contributed by atoms with Gasteiger partial charge in [-0.3, -0.25) is 4.72 Å². The summed E-state index contributed by atoms with van der Waals surface area (Å²) in [4.78, 5) is 0.255. The minimum absolute atomic E-state index is 0.148. The number of hydrogen-bond donors (Lipinski definition) is 2. The van der Waals surface area contributed by atoms with E-state index in [1.54, 1.807) is 30.3 Å². The average Bonchev–Trinajstić information content (AvgIpc) is 3.26. The van der Waals surface area contributed by atoms with E-state index < -0.39 is 10.0 Å². The second-order valence-electron chi connectivity index (χ2n) is 8.31. The Balaban J connectivity index is 1.50. The molecule has 0 spiro atoms. The van der Waals surface area contributed by atoms with Crippen LogP contribution in [0.25, 0.3) is 0 Å². The Labute approximate surface area is 201 Å². The molecule has 2 aliphatic rings. The quantitative estimate of drug-likeness (QED) is 0.356. The molecule has 164 valence electrons. The van der Waals surface area contributed by atoms with Crippen molar-refractivity contribution in [2.75, 3.05) is 10.0 Å². The third-order valence-corrected chi connectivity index (χ3v) is 8.64. The lowest BCUT2D eigenvalue weighted by molar-refractivity contribution is 0.424. The van der Waals surface area contributed by atoms with E-state index in [-0.39, 0.29) is 16.9 Å². The van der Waals surface area contributed by atoms with Crippen LogP contribution in [-0.4, -0.2) is 8.42 Å². The van der Waals surface area contributed by atoms with Crippen molar-refractivity contribution >= 4 is 48.9 Å². The number of nitrogens with one attached hydrogen (secondary N) is 2. The number of sulfonamides is 1. The third kappa shape index (κ3) is 3.85. The van der Waals surface area contributed by atoms with Crippen LogP contribution in [0, 0.1) is 12.8 Å². The van der Waals surface area contributed by atoms with Crippen molar-refractivity contribution in [2.45, 2.75) is 30.2 Å². The average molecular weight is 530 g/mol. The van der Waals surface area contributed by atoms with Gasteiger partial charge >= 0.3 is 0 Å². The first-order valence-corrected chi connectivity index (χ1v) is 13.1. The molecule has 3 aromatic carbocycles. The van der Waals surface area contributed by atoms with E-state index in [4.69, 9.17) is 11.6 Å². The molecular weight excluding hydrogens is 508 g/mol. The molecule has 32 heavy (non-hydrogen) atoms. The van der Waals surface area contributed by atoms with Gasteiger partial charge in [-0.1, -0.05) is 57.9 Å². The summed E-state index contributed by atoms with van der Waals surface area (Å²) in [6.45, 7) is 1.83. The van der Waals surface area contributed by atoms with E-state index in [2.05, 4.69) is 56.3 Å². The Morgan fingerprint density at radius 2 is 1.88 bits per heavy atom. The molecule has 5 rings (SSSR count). The highest BCUT2D eigenvalue weighted by molar-refractivity contribution is 9.10. The van der Waals surface area contributed by atoms with Crippen LogP contribution in [0.1, 0.15) is 35.1 Å². The maximum atomic E-state index is 13.2.